The van der Waals surface area contributed by atoms with Gasteiger partial charge in [-0.25, -0.2) is 0 Å². The lowest BCUT2D eigenvalue weighted by atomic mass is 10.3. The first-order valence-electron chi connectivity index (χ1n) is 4.18. The fourth-order valence-electron chi connectivity index (χ4n) is 0.860. The molecule has 0 radical (unpaired) electrons. The Morgan fingerprint density at radius 2 is 2.27 bits per heavy atom. The number of hydrogen-bond acceptors (Lipinski definition) is 3. The molecule has 0 heterocycles. The van der Waals surface area contributed by atoms with Gasteiger partial charge in [-0.05, 0) is 13.0 Å². The second-order valence-corrected chi connectivity index (χ2v) is 2.64. The largest absolute Gasteiger partial charge is 0.395 e. The predicted molar refractivity (Wildman–Crippen MR) is 45.7 cm³/mol. The van der Waals surface area contributed by atoms with Gasteiger partial charge in [0.2, 0.25) is 0 Å². The molecule has 0 amide bonds. The van der Waals surface area contributed by atoms with Crippen molar-refractivity contribution in [3.8, 4) is 0 Å². The van der Waals surface area contributed by atoms with Crippen LogP contribution in [-0.2, 0) is 4.74 Å². The quantitative estimate of drug-likeness (QED) is 0.530. The smallest absolute Gasteiger partial charge is 0.0638 e. The number of rotatable bonds is 7. The van der Waals surface area contributed by atoms with E-state index in [1.54, 1.807) is 7.11 Å². The summed E-state index contributed by atoms with van der Waals surface area (Å²) >= 11 is 0. The first-order chi connectivity index (χ1) is 5.35. The Kier molecular flexibility index (Phi) is 7.89. The van der Waals surface area contributed by atoms with E-state index < -0.39 is 0 Å². The van der Waals surface area contributed by atoms with Gasteiger partial charge in [0.15, 0.2) is 0 Å². The van der Waals surface area contributed by atoms with Gasteiger partial charge in [0.25, 0.3) is 0 Å². The molecule has 11 heavy (non-hydrogen) atoms. The molecule has 0 aliphatic carbocycles. The summed E-state index contributed by atoms with van der Waals surface area (Å²) in [7, 11) is 1.64. The van der Waals surface area contributed by atoms with Gasteiger partial charge in [0, 0.05) is 7.11 Å². The molecular formula is C8H19NO2. The summed E-state index contributed by atoms with van der Waals surface area (Å²) in [5.41, 5.74) is 0. The topological polar surface area (TPSA) is 41.5 Å². The lowest BCUT2D eigenvalue weighted by Gasteiger charge is -2.14. The Bertz CT molecular complexity index is 78.5. The summed E-state index contributed by atoms with van der Waals surface area (Å²) in [4.78, 5) is 0. The van der Waals surface area contributed by atoms with Gasteiger partial charge < -0.3 is 15.2 Å². The van der Waals surface area contributed by atoms with Gasteiger partial charge in [-0.15, -0.1) is 0 Å². The molecule has 0 aromatic rings. The van der Waals surface area contributed by atoms with E-state index in [1.165, 1.54) is 6.42 Å². The van der Waals surface area contributed by atoms with E-state index in [2.05, 4.69) is 12.2 Å². The number of nitrogens with one attached hydrogen (secondary N) is 1. The maximum Gasteiger partial charge on any atom is 0.0638 e. The van der Waals surface area contributed by atoms with Crippen molar-refractivity contribution in [2.45, 2.75) is 25.8 Å². The van der Waals surface area contributed by atoms with Crippen molar-refractivity contribution in [1.82, 2.24) is 5.32 Å². The molecule has 2 N–H and O–H groups in total. The molecule has 3 nitrogen and oxygen atoms in total. The number of unbranched alkanes of at least 4 members (excludes halogenated alkanes) is 1. The molecule has 0 saturated heterocycles. The summed E-state index contributed by atoms with van der Waals surface area (Å²) in [6.45, 7) is 3.84. The Morgan fingerprint density at radius 1 is 1.55 bits per heavy atom. The fraction of sp³-hybridized carbons (Fsp3) is 1.00. The molecule has 0 fully saturated rings. The van der Waals surface area contributed by atoms with Gasteiger partial charge in [0.1, 0.15) is 0 Å². The SMILES string of the molecule is CCCCNC(CO)COC. The summed E-state index contributed by atoms with van der Waals surface area (Å²) < 4.78 is 4.90. The van der Waals surface area contributed by atoms with Crippen molar-refractivity contribution < 1.29 is 9.84 Å². The van der Waals surface area contributed by atoms with Crippen molar-refractivity contribution >= 4 is 0 Å². The lowest BCUT2D eigenvalue weighted by molar-refractivity contribution is 0.128. The van der Waals surface area contributed by atoms with Crippen LogP contribution in [0, 0.1) is 0 Å². The second kappa shape index (κ2) is 7.98. The number of methoxy groups -OCH3 is 1. The Labute approximate surface area is 68.8 Å². The van der Waals surface area contributed by atoms with Crippen molar-refractivity contribution in [3.05, 3.63) is 0 Å². The highest BCUT2D eigenvalue weighted by Crippen LogP contribution is 1.87. The fourth-order valence-corrected chi connectivity index (χ4v) is 0.860. The van der Waals surface area contributed by atoms with Gasteiger partial charge in [-0.3, -0.25) is 0 Å². The number of aliphatic hydroxyl groups is 1. The van der Waals surface area contributed by atoms with Gasteiger partial charge in [-0.2, -0.15) is 0 Å². The van der Waals surface area contributed by atoms with E-state index in [1.807, 2.05) is 0 Å². The highest BCUT2D eigenvalue weighted by Gasteiger charge is 2.03. The second-order valence-electron chi connectivity index (χ2n) is 2.64. The third-order valence-electron chi connectivity index (χ3n) is 1.55. The Morgan fingerprint density at radius 3 is 2.73 bits per heavy atom. The van der Waals surface area contributed by atoms with E-state index in [9.17, 15) is 0 Å². The van der Waals surface area contributed by atoms with Crippen LogP contribution in [0.5, 0.6) is 0 Å². The standard InChI is InChI=1S/C8H19NO2/c1-3-4-5-9-8(6-10)7-11-2/h8-10H,3-7H2,1-2H3. The van der Waals surface area contributed by atoms with Crippen molar-refractivity contribution in [2.24, 2.45) is 0 Å². The van der Waals surface area contributed by atoms with Crippen LogP contribution < -0.4 is 5.32 Å². The van der Waals surface area contributed by atoms with E-state index in [-0.39, 0.29) is 12.6 Å². The van der Waals surface area contributed by atoms with Crippen molar-refractivity contribution in [1.29, 1.82) is 0 Å². The number of ether oxygens (including phenoxy) is 1. The minimum atomic E-state index is 0.103. The molecule has 0 spiro atoms. The van der Waals surface area contributed by atoms with Gasteiger partial charge in [0.05, 0.1) is 19.3 Å². The third kappa shape index (κ3) is 6.28. The predicted octanol–water partition coefficient (Wildman–Crippen LogP) is 0.383. The first-order valence-corrected chi connectivity index (χ1v) is 4.18. The molecule has 68 valence electrons. The third-order valence-corrected chi connectivity index (χ3v) is 1.55. The maximum absolute atomic E-state index is 8.81. The molecule has 0 aromatic carbocycles. The molecule has 1 unspecified atom stereocenters. The zero-order valence-electron chi connectivity index (χ0n) is 7.47. The maximum atomic E-state index is 8.81. The van der Waals surface area contributed by atoms with Crippen LogP contribution in [0.1, 0.15) is 19.8 Å². The van der Waals surface area contributed by atoms with Crippen LogP contribution in [-0.4, -0.2) is 38.0 Å². The van der Waals surface area contributed by atoms with Crippen LogP contribution >= 0.6 is 0 Å². The Balaban J connectivity index is 3.20. The van der Waals surface area contributed by atoms with E-state index >= 15 is 0 Å². The van der Waals surface area contributed by atoms with E-state index in [0.717, 1.165) is 13.0 Å². The van der Waals surface area contributed by atoms with E-state index in [4.69, 9.17) is 9.84 Å². The number of hydrogen-bond donors (Lipinski definition) is 2. The molecule has 0 saturated carbocycles. The van der Waals surface area contributed by atoms with Crippen molar-refractivity contribution in [2.75, 3.05) is 26.9 Å². The molecule has 0 rings (SSSR count). The zero-order chi connectivity index (χ0) is 8.53. The van der Waals surface area contributed by atoms with E-state index in [0.29, 0.717) is 6.61 Å². The Hall–Kier alpha value is -0.120. The minimum absolute atomic E-state index is 0.103. The highest BCUT2D eigenvalue weighted by atomic mass is 16.5. The lowest BCUT2D eigenvalue weighted by Crippen LogP contribution is -2.36. The first kappa shape index (κ1) is 10.9. The van der Waals surface area contributed by atoms with Crippen LogP contribution in [0.15, 0.2) is 0 Å². The van der Waals surface area contributed by atoms with Crippen LogP contribution in [0.4, 0.5) is 0 Å². The van der Waals surface area contributed by atoms with Crippen molar-refractivity contribution in [3.63, 3.8) is 0 Å². The summed E-state index contributed by atoms with van der Waals surface area (Å²) in [6, 6.07) is 0.103. The summed E-state index contributed by atoms with van der Waals surface area (Å²) in [5.74, 6) is 0. The normalized spacial score (nSPS) is 13.4. The zero-order valence-corrected chi connectivity index (χ0v) is 7.47. The molecular weight excluding hydrogens is 142 g/mol. The molecule has 1 atom stereocenters. The molecule has 0 aliphatic rings. The van der Waals surface area contributed by atoms with Gasteiger partial charge >= 0.3 is 0 Å². The molecule has 0 bridgehead atoms. The van der Waals surface area contributed by atoms with Gasteiger partial charge in [-0.1, -0.05) is 13.3 Å². The van der Waals surface area contributed by atoms with Crippen LogP contribution in [0.3, 0.4) is 0 Å². The summed E-state index contributed by atoms with van der Waals surface area (Å²) in [5, 5.41) is 12.0. The average Bonchev–Trinajstić information content (AvgIpc) is 2.03. The molecule has 0 aromatic heterocycles. The molecule has 0 aliphatic heterocycles. The molecule has 3 heteroatoms. The average molecular weight is 161 g/mol. The van der Waals surface area contributed by atoms with Crippen LogP contribution in [0.25, 0.3) is 0 Å². The van der Waals surface area contributed by atoms with Crippen LogP contribution in [0.2, 0.25) is 0 Å². The minimum Gasteiger partial charge on any atom is -0.395 e. The summed E-state index contributed by atoms with van der Waals surface area (Å²) in [6.07, 6.45) is 2.33. The highest BCUT2D eigenvalue weighted by molar-refractivity contribution is 4.63. The monoisotopic (exact) mass is 161 g/mol. The number of aliphatic hydroxyl groups excluding tert-OH is 1.